The molecule has 0 fully saturated rings. The number of rotatable bonds is 3. The predicted molar refractivity (Wildman–Crippen MR) is 86.0 cm³/mol. The molecule has 0 aromatic heterocycles. The molecule has 0 spiro atoms. The minimum Gasteiger partial charge on any atom is -0.504 e. The van der Waals surface area contributed by atoms with Crippen LogP contribution in [0, 0.1) is 0 Å². The van der Waals surface area contributed by atoms with E-state index in [0.29, 0.717) is 17.5 Å². The van der Waals surface area contributed by atoms with Gasteiger partial charge in [0.25, 0.3) is 5.91 Å². The quantitative estimate of drug-likeness (QED) is 0.759. The SMILES string of the molecule is O=C1c2ccccc2CC(O)N1C/C=C/c1ccc(O)c(O)c1. The second-order valence-corrected chi connectivity index (χ2v) is 5.45. The molecule has 1 aliphatic heterocycles. The van der Waals surface area contributed by atoms with Crippen molar-refractivity contribution in [3.8, 4) is 11.5 Å². The Kier molecular flexibility index (Phi) is 4.04. The van der Waals surface area contributed by atoms with Crippen LogP contribution in [0.15, 0.2) is 48.5 Å². The molecular formula is C18H17NO4. The molecule has 1 unspecified atom stereocenters. The summed E-state index contributed by atoms with van der Waals surface area (Å²) < 4.78 is 0. The third-order valence-electron chi connectivity index (χ3n) is 3.88. The van der Waals surface area contributed by atoms with Crippen molar-refractivity contribution in [1.29, 1.82) is 0 Å². The number of aliphatic hydroxyl groups is 1. The van der Waals surface area contributed by atoms with E-state index in [1.165, 1.54) is 17.0 Å². The fourth-order valence-electron chi connectivity index (χ4n) is 2.65. The summed E-state index contributed by atoms with van der Waals surface area (Å²) in [4.78, 5) is 13.8. The number of aliphatic hydroxyl groups excluding tert-OH is 1. The maximum Gasteiger partial charge on any atom is 0.256 e. The van der Waals surface area contributed by atoms with E-state index in [2.05, 4.69) is 0 Å². The Morgan fingerprint density at radius 2 is 1.91 bits per heavy atom. The first-order valence-corrected chi connectivity index (χ1v) is 7.32. The Hall–Kier alpha value is -2.79. The zero-order valence-electron chi connectivity index (χ0n) is 12.4. The molecule has 2 aromatic rings. The van der Waals surface area contributed by atoms with E-state index in [-0.39, 0.29) is 24.0 Å². The van der Waals surface area contributed by atoms with Gasteiger partial charge in [-0.15, -0.1) is 0 Å². The summed E-state index contributed by atoms with van der Waals surface area (Å²) in [6.45, 7) is 0.260. The highest BCUT2D eigenvalue weighted by Crippen LogP contribution is 2.26. The van der Waals surface area contributed by atoms with E-state index in [1.54, 1.807) is 24.3 Å². The third-order valence-corrected chi connectivity index (χ3v) is 3.88. The number of phenolic OH excluding ortho intramolecular Hbond substituents is 2. The van der Waals surface area contributed by atoms with Gasteiger partial charge >= 0.3 is 0 Å². The lowest BCUT2D eigenvalue weighted by Crippen LogP contribution is -2.45. The fourth-order valence-corrected chi connectivity index (χ4v) is 2.65. The molecule has 0 saturated carbocycles. The van der Waals surface area contributed by atoms with Gasteiger partial charge in [-0.3, -0.25) is 4.79 Å². The van der Waals surface area contributed by atoms with Gasteiger partial charge in [-0.2, -0.15) is 0 Å². The lowest BCUT2D eigenvalue weighted by Gasteiger charge is -2.32. The lowest BCUT2D eigenvalue weighted by molar-refractivity contribution is 0.00832. The Bertz CT molecular complexity index is 769. The smallest absolute Gasteiger partial charge is 0.256 e. The molecule has 1 amide bonds. The first-order valence-electron chi connectivity index (χ1n) is 7.32. The monoisotopic (exact) mass is 311 g/mol. The molecular weight excluding hydrogens is 294 g/mol. The van der Waals surface area contributed by atoms with Crippen molar-refractivity contribution >= 4 is 12.0 Å². The number of hydrogen-bond donors (Lipinski definition) is 3. The number of phenols is 2. The van der Waals surface area contributed by atoms with Crippen molar-refractivity contribution < 1.29 is 20.1 Å². The summed E-state index contributed by atoms with van der Waals surface area (Å²) >= 11 is 0. The van der Waals surface area contributed by atoms with Crippen LogP contribution in [0.25, 0.3) is 6.08 Å². The molecule has 3 rings (SSSR count). The van der Waals surface area contributed by atoms with Gasteiger partial charge in [0, 0.05) is 18.5 Å². The number of hydrogen-bond acceptors (Lipinski definition) is 4. The van der Waals surface area contributed by atoms with E-state index < -0.39 is 6.23 Å². The van der Waals surface area contributed by atoms with Crippen LogP contribution in [0.3, 0.4) is 0 Å². The van der Waals surface area contributed by atoms with E-state index in [1.807, 2.05) is 18.2 Å². The van der Waals surface area contributed by atoms with Gasteiger partial charge in [-0.25, -0.2) is 0 Å². The summed E-state index contributed by atoms with van der Waals surface area (Å²) in [5.41, 5.74) is 2.17. The van der Waals surface area contributed by atoms with Crippen LogP contribution in [-0.2, 0) is 6.42 Å². The first kappa shape index (κ1) is 15.1. The molecule has 1 aliphatic rings. The van der Waals surface area contributed by atoms with Crippen molar-refractivity contribution in [2.75, 3.05) is 6.54 Å². The minimum absolute atomic E-state index is 0.180. The summed E-state index contributed by atoms with van der Waals surface area (Å²) in [5.74, 6) is -0.576. The number of carbonyl (C=O) groups is 1. The highest BCUT2D eigenvalue weighted by Gasteiger charge is 2.29. The molecule has 0 aliphatic carbocycles. The molecule has 2 aromatic carbocycles. The van der Waals surface area contributed by atoms with Crippen LogP contribution in [-0.4, -0.2) is 38.9 Å². The second-order valence-electron chi connectivity index (χ2n) is 5.45. The van der Waals surface area contributed by atoms with Crippen molar-refractivity contribution in [1.82, 2.24) is 4.90 Å². The predicted octanol–water partition coefficient (Wildman–Crippen LogP) is 2.13. The highest BCUT2D eigenvalue weighted by molar-refractivity contribution is 5.97. The van der Waals surface area contributed by atoms with Gasteiger partial charge in [0.15, 0.2) is 11.5 Å². The topological polar surface area (TPSA) is 81.0 Å². The molecule has 5 heteroatoms. The zero-order chi connectivity index (χ0) is 16.4. The van der Waals surface area contributed by atoms with Crippen LogP contribution >= 0.6 is 0 Å². The summed E-state index contributed by atoms with van der Waals surface area (Å²) in [7, 11) is 0. The van der Waals surface area contributed by atoms with E-state index in [0.717, 1.165) is 5.56 Å². The molecule has 5 nitrogen and oxygen atoms in total. The minimum atomic E-state index is -0.852. The van der Waals surface area contributed by atoms with Crippen LogP contribution in [0.2, 0.25) is 0 Å². The lowest BCUT2D eigenvalue weighted by atomic mass is 9.98. The van der Waals surface area contributed by atoms with Crippen molar-refractivity contribution in [3.63, 3.8) is 0 Å². The Balaban J connectivity index is 1.74. The number of benzene rings is 2. The maximum atomic E-state index is 12.4. The zero-order valence-corrected chi connectivity index (χ0v) is 12.4. The summed E-state index contributed by atoms with van der Waals surface area (Å²) in [5, 5.41) is 28.9. The summed E-state index contributed by atoms with van der Waals surface area (Å²) in [6, 6.07) is 11.7. The normalized spacial score (nSPS) is 17.5. The van der Waals surface area contributed by atoms with Crippen LogP contribution in [0.4, 0.5) is 0 Å². The van der Waals surface area contributed by atoms with Gasteiger partial charge < -0.3 is 20.2 Å². The van der Waals surface area contributed by atoms with Crippen molar-refractivity contribution in [2.24, 2.45) is 0 Å². The molecule has 0 radical (unpaired) electrons. The van der Waals surface area contributed by atoms with Crippen LogP contribution < -0.4 is 0 Å². The molecule has 3 N–H and O–H groups in total. The number of aromatic hydroxyl groups is 2. The largest absolute Gasteiger partial charge is 0.504 e. The van der Waals surface area contributed by atoms with Gasteiger partial charge in [0.05, 0.1) is 0 Å². The molecule has 1 atom stereocenters. The van der Waals surface area contributed by atoms with Gasteiger partial charge in [-0.05, 0) is 29.3 Å². The molecule has 0 bridgehead atoms. The van der Waals surface area contributed by atoms with Gasteiger partial charge in [0.1, 0.15) is 6.23 Å². The van der Waals surface area contributed by atoms with Crippen molar-refractivity contribution in [2.45, 2.75) is 12.6 Å². The molecule has 23 heavy (non-hydrogen) atoms. The maximum absolute atomic E-state index is 12.4. The van der Waals surface area contributed by atoms with E-state index in [9.17, 15) is 20.1 Å². The fraction of sp³-hybridized carbons (Fsp3) is 0.167. The van der Waals surface area contributed by atoms with Gasteiger partial charge in [0.2, 0.25) is 0 Å². The number of nitrogens with zero attached hydrogens (tertiary/aromatic N) is 1. The van der Waals surface area contributed by atoms with Gasteiger partial charge in [-0.1, -0.05) is 36.4 Å². The highest BCUT2D eigenvalue weighted by atomic mass is 16.3. The van der Waals surface area contributed by atoms with E-state index >= 15 is 0 Å². The molecule has 1 heterocycles. The number of carbonyl (C=O) groups excluding carboxylic acids is 1. The number of amides is 1. The average Bonchev–Trinajstić information content (AvgIpc) is 2.54. The molecule has 118 valence electrons. The summed E-state index contributed by atoms with van der Waals surface area (Å²) in [6.07, 6.45) is 3.02. The van der Waals surface area contributed by atoms with Crippen molar-refractivity contribution in [3.05, 3.63) is 65.2 Å². The third kappa shape index (κ3) is 3.05. The Morgan fingerprint density at radius 1 is 1.13 bits per heavy atom. The Labute approximate surface area is 133 Å². The van der Waals surface area contributed by atoms with Crippen LogP contribution in [0.1, 0.15) is 21.5 Å². The van der Waals surface area contributed by atoms with Crippen LogP contribution in [0.5, 0.6) is 11.5 Å². The first-order chi connectivity index (χ1) is 11.1. The standard InChI is InChI=1S/C18H17NO4/c20-15-8-7-12(10-16(15)21)4-3-9-19-17(22)11-13-5-1-2-6-14(13)18(19)23/h1-8,10,17,20-22H,9,11H2/b4-3+. The molecule has 0 saturated heterocycles. The number of fused-ring (bicyclic) bond motifs is 1. The van der Waals surface area contributed by atoms with E-state index in [4.69, 9.17) is 0 Å². The average molecular weight is 311 g/mol. The Morgan fingerprint density at radius 3 is 2.70 bits per heavy atom. The second kappa shape index (κ2) is 6.14.